The van der Waals surface area contributed by atoms with Crippen molar-refractivity contribution in [1.29, 1.82) is 0 Å². The fourth-order valence-corrected chi connectivity index (χ4v) is 21.7. The highest BCUT2D eigenvalue weighted by molar-refractivity contribution is 6.16. The van der Waals surface area contributed by atoms with Crippen LogP contribution in [0.4, 0.5) is 0 Å². The van der Waals surface area contributed by atoms with Gasteiger partial charge in [0.05, 0.1) is 83.3 Å². The minimum absolute atomic E-state index is 0.0658. The molecule has 6 heteroatoms. The van der Waals surface area contributed by atoms with Crippen LogP contribution >= 0.6 is 0 Å². The molecule has 133 heavy (non-hydrogen) atoms. The molecule has 0 aliphatic carbocycles. The zero-order chi connectivity index (χ0) is 91.1. The number of hydrogen-bond acceptors (Lipinski definition) is 0. The van der Waals surface area contributed by atoms with E-state index in [1.54, 1.807) is 0 Å². The first-order valence-electron chi connectivity index (χ1n) is 47.0. The zero-order valence-corrected chi connectivity index (χ0v) is 78.4. The smallest absolute Gasteiger partial charge is 0.0542 e. The van der Waals surface area contributed by atoms with Crippen LogP contribution in [0.3, 0.4) is 0 Å². The Morgan fingerprint density at radius 1 is 0.150 bits per heavy atom. The summed E-state index contributed by atoms with van der Waals surface area (Å²) < 4.78 is 14.7. The van der Waals surface area contributed by atoms with Gasteiger partial charge >= 0.3 is 0 Å². The number of aromatic nitrogens is 6. The van der Waals surface area contributed by atoms with Crippen LogP contribution in [0.15, 0.2) is 413 Å². The lowest BCUT2D eigenvalue weighted by molar-refractivity contribution is 0.590. The number of aryl methyl sites for hydroxylation is 2. The van der Waals surface area contributed by atoms with Gasteiger partial charge in [-0.25, -0.2) is 0 Å². The predicted molar refractivity (Wildman–Crippen MR) is 568 cm³/mol. The van der Waals surface area contributed by atoms with E-state index in [2.05, 4.69) is 537 Å². The molecule has 24 rings (SSSR count). The van der Waals surface area contributed by atoms with E-state index in [9.17, 15) is 0 Å². The van der Waals surface area contributed by atoms with Crippen molar-refractivity contribution in [2.75, 3.05) is 0 Å². The molecule has 24 aromatic rings. The Bertz CT molecular complexity index is 8510. The van der Waals surface area contributed by atoms with Crippen molar-refractivity contribution < 1.29 is 0 Å². The maximum absolute atomic E-state index is 2.48. The third-order valence-electron chi connectivity index (χ3n) is 28.8. The zero-order valence-electron chi connectivity index (χ0n) is 78.4. The molecule has 0 aliphatic rings. The molecule has 648 valence electrons. The highest BCUT2D eigenvalue weighted by Gasteiger charge is 2.33. The van der Waals surface area contributed by atoms with Gasteiger partial charge in [0.15, 0.2) is 0 Å². The number of para-hydroxylation sites is 8. The standard InChI is InChI=1S/C47H46N2.C41H34N2.C39H30N2/c1-45(2,3)32-22-25-41-36(28-32)37-29-33(46(4,5)6)23-26-42(37)48(41)34-24-27-43-38(30-34)35-18-12-14-20-40(35)49(43)44-21-15-13-19-39(44)47(7,8)31-16-10-9-11-17-31;1-27-18-21-37-32(24-27)33-25-28(2)19-22-38(33)42(37)30-20-23-39-34(26-30)31-14-8-10-16-36(31)43(39)40-17-11-9-15-35(40)41(3,4)29-12-6-5-7-13-29;1-39(2,27-14-4-3-5-15-27)33-19-9-13-23-38(33)41-36-22-12-8-18-31(36)32-26-28(24-25-37(32)41)40-34-20-10-6-16-29(34)30-17-7-11-21-35(30)40/h9-30H,1-8H3;5-26H,1-4H3;3-26H,1-2H3. The van der Waals surface area contributed by atoms with Gasteiger partial charge in [-0.15, -0.1) is 0 Å². The molecule has 0 radical (unpaired) electrons. The highest BCUT2D eigenvalue weighted by atomic mass is 15.0. The number of hydrogen-bond donors (Lipinski definition) is 0. The topological polar surface area (TPSA) is 29.6 Å². The summed E-state index contributed by atoms with van der Waals surface area (Å²) in [4.78, 5) is 0. The van der Waals surface area contributed by atoms with Gasteiger partial charge in [-0.3, -0.25) is 0 Å². The molecule has 6 nitrogen and oxygen atoms in total. The number of rotatable bonds is 12. The molecular weight excluding hydrogens is 1610 g/mol. The molecule has 0 atom stereocenters. The molecule has 0 saturated carbocycles. The van der Waals surface area contributed by atoms with Crippen molar-refractivity contribution >= 4 is 131 Å². The SMILES string of the molecule is CC(C)(C)c1ccc2c(c1)c1cc(C(C)(C)C)ccc1n2-c1ccc2c(c1)c1ccccc1n2-c1ccccc1C(C)(C)c1ccccc1.CC(C)(c1ccccc1)c1ccccc1-n1c2ccccc2c2cc(-n3c4ccccc4c4ccccc43)ccc21.Cc1ccc2c(c1)c1cc(C)ccc1n2-c1ccc2c(c1)c1ccccc1n2-c1ccccc1C(C)(C)c1ccccc1. The van der Waals surface area contributed by atoms with Gasteiger partial charge in [-0.05, 0) is 221 Å². The average Bonchev–Trinajstić information content (AvgIpc) is 1.57. The van der Waals surface area contributed by atoms with Crippen LogP contribution in [0.25, 0.3) is 165 Å². The summed E-state index contributed by atoms with van der Waals surface area (Å²) in [5, 5.41) is 15.4. The monoisotopic (exact) mass is 1720 g/mol. The minimum Gasteiger partial charge on any atom is -0.309 e. The maximum atomic E-state index is 2.48. The summed E-state index contributed by atoms with van der Waals surface area (Å²) in [6.45, 7) is 32.2. The third kappa shape index (κ3) is 14.0. The molecular formula is C127H110N6. The minimum atomic E-state index is -0.184. The van der Waals surface area contributed by atoms with Gasteiger partial charge in [0, 0.05) is 97.9 Å². The Kier molecular flexibility index (Phi) is 20.1. The molecule has 6 heterocycles. The molecule has 0 N–H and O–H groups in total. The van der Waals surface area contributed by atoms with Gasteiger partial charge in [0.25, 0.3) is 0 Å². The summed E-state index contributed by atoms with van der Waals surface area (Å²) in [7, 11) is 0. The number of fused-ring (bicyclic) bond motifs is 18. The van der Waals surface area contributed by atoms with Gasteiger partial charge in [-0.2, -0.15) is 0 Å². The summed E-state index contributed by atoms with van der Waals surface area (Å²) in [6.07, 6.45) is 0. The Labute approximate surface area is 779 Å². The third-order valence-corrected chi connectivity index (χ3v) is 28.8. The molecule has 0 bridgehead atoms. The number of benzene rings is 18. The van der Waals surface area contributed by atoms with Crippen LogP contribution in [0, 0.1) is 13.8 Å². The largest absolute Gasteiger partial charge is 0.309 e. The normalized spacial score (nSPS) is 12.4. The van der Waals surface area contributed by atoms with E-state index in [0.717, 1.165) is 0 Å². The van der Waals surface area contributed by atoms with Crippen LogP contribution in [0.5, 0.6) is 0 Å². The van der Waals surface area contributed by atoms with Crippen LogP contribution in [0.1, 0.15) is 139 Å². The fourth-order valence-electron chi connectivity index (χ4n) is 21.7. The number of nitrogens with zero attached hydrogens (tertiary/aromatic N) is 6. The molecule has 0 fully saturated rings. The maximum Gasteiger partial charge on any atom is 0.0542 e. The Balaban J connectivity index is 0.000000117. The molecule has 0 saturated heterocycles. The van der Waals surface area contributed by atoms with Crippen molar-refractivity contribution in [3.8, 4) is 34.1 Å². The first-order chi connectivity index (χ1) is 64.4. The Hall–Kier alpha value is -15.2. The molecule has 18 aromatic carbocycles. The van der Waals surface area contributed by atoms with E-state index in [4.69, 9.17) is 0 Å². The van der Waals surface area contributed by atoms with Crippen LogP contribution in [-0.4, -0.2) is 27.4 Å². The molecule has 0 aliphatic heterocycles. The van der Waals surface area contributed by atoms with Crippen molar-refractivity contribution in [3.63, 3.8) is 0 Å². The molecule has 0 amide bonds. The van der Waals surface area contributed by atoms with Crippen LogP contribution in [-0.2, 0) is 27.1 Å². The van der Waals surface area contributed by atoms with E-state index >= 15 is 0 Å². The van der Waals surface area contributed by atoms with E-state index < -0.39 is 0 Å². The van der Waals surface area contributed by atoms with Crippen LogP contribution in [0.2, 0.25) is 0 Å². The lowest BCUT2D eigenvalue weighted by atomic mass is 9.77. The van der Waals surface area contributed by atoms with E-state index in [1.807, 2.05) is 0 Å². The Morgan fingerprint density at radius 2 is 0.353 bits per heavy atom. The Morgan fingerprint density at radius 3 is 0.639 bits per heavy atom. The molecule has 0 spiro atoms. The first-order valence-corrected chi connectivity index (χ1v) is 47.0. The van der Waals surface area contributed by atoms with Crippen molar-refractivity contribution in [2.24, 2.45) is 0 Å². The van der Waals surface area contributed by atoms with E-state index in [0.29, 0.717) is 0 Å². The fraction of sp³-hybridized carbons (Fsp3) is 0.150. The highest BCUT2D eigenvalue weighted by Crippen LogP contribution is 2.48. The van der Waals surface area contributed by atoms with Crippen molar-refractivity contribution in [2.45, 2.75) is 124 Å². The van der Waals surface area contributed by atoms with Crippen molar-refractivity contribution in [1.82, 2.24) is 27.4 Å². The molecule has 0 unspecified atom stereocenters. The predicted octanol–water partition coefficient (Wildman–Crippen LogP) is 33.8. The van der Waals surface area contributed by atoms with Gasteiger partial charge < -0.3 is 27.4 Å². The summed E-state index contributed by atoms with van der Waals surface area (Å²) in [5.41, 5.74) is 34.7. The summed E-state index contributed by atoms with van der Waals surface area (Å²) >= 11 is 0. The quantitative estimate of drug-likeness (QED) is 0.117. The van der Waals surface area contributed by atoms with Crippen molar-refractivity contribution in [3.05, 3.63) is 468 Å². The summed E-state index contributed by atoms with van der Waals surface area (Å²) in [5.74, 6) is 0. The average molecular weight is 1720 g/mol. The second kappa shape index (κ2) is 32.1. The van der Waals surface area contributed by atoms with Crippen LogP contribution < -0.4 is 0 Å². The second-order valence-electron chi connectivity index (χ2n) is 40.2. The van der Waals surface area contributed by atoms with Gasteiger partial charge in [0.1, 0.15) is 0 Å². The van der Waals surface area contributed by atoms with E-state index in [1.165, 1.54) is 221 Å². The lowest BCUT2D eigenvalue weighted by Crippen LogP contribution is -2.21. The van der Waals surface area contributed by atoms with Gasteiger partial charge in [-0.1, -0.05) is 355 Å². The van der Waals surface area contributed by atoms with E-state index in [-0.39, 0.29) is 27.1 Å². The second-order valence-corrected chi connectivity index (χ2v) is 40.2. The molecule has 6 aromatic heterocycles. The van der Waals surface area contributed by atoms with Gasteiger partial charge in [0.2, 0.25) is 0 Å². The lowest BCUT2D eigenvalue weighted by Gasteiger charge is -2.29. The summed E-state index contributed by atoms with van der Waals surface area (Å²) in [6, 6.07) is 152. The first kappa shape index (κ1) is 83.4.